The van der Waals surface area contributed by atoms with Gasteiger partial charge in [-0.25, -0.2) is 13.1 Å². The fourth-order valence-corrected chi connectivity index (χ4v) is 5.64. The molecule has 1 fully saturated rings. The minimum absolute atomic E-state index is 0.0564. The van der Waals surface area contributed by atoms with Crippen LogP contribution >= 0.6 is 23.5 Å². The van der Waals surface area contributed by atoms with Crippen molar-refractivity contribution in [2.45, 2.75) is 10.1 Å². The summed E-state index contributed by atoms with van der Waals surface area (Å²) in [4.78, 5) is 9.97. The molecule has 116 valence electrons. The van der Waals surface area contributed by atoms with Gasteiger partial charge in [-0.2, -0.15) is 23.5 Å². The van der Waals surface area contributed by atoms with Gasteiger partial charge in [0.1, 0.15) is 5.69 Å². The molecule has 0 amide bonds. The van der Waals surface area contributed by atoms with E-state index in [0.717, 1.165) is 29.4 Å². The normalized spacial score (nSPS) is 19.3. The Balaban J connectivity index is 2.08. The van der Waals surface area contributed by atoms with E-state index >= 15 is 0 Å². The molecule has 0 bridgehead atoms. The first-order valence-electron chi connectivity index (χ1n) is 6.13. The second-order valence-corrected chi connectivity index (χ2v) is 8.72. The summed E-state index contributed by atoms with van der Waals surface area (Å²) in [5.41, 5.74) is 5.06. The first-order valence-corrected chi connectivity index (χ1v) is 9.82. The maximum atomic E-state index is 12.2. The van der Waals surface area contributed by atoms with Gasteiger partial charge in [0.2, 0.25) is 10.0 Å². The molecule has 10 heteroatoms. The molecule has 0 saturated carbocycles. The Kier molecular flexibility index (Phi) is 5.36. The number of hydrogen-bond acceptors (Lipinski definition) is 7. The van der Waals surface area contributed by atoms with Crippen LogP contribution in [0.4, 0.5) is 11.4 Å². The number of nitrogen functional groups attached to an aromatic ring is 1. The van der Waals surface area contributed by atoms with Crippen molar-refractivity contribution in [2.24, 2.45) is 0 Å². The molecule has 1 aliphatic heterocycles. The predicted molar refractivity (Wildman–Crippen MR) is 86.3 cm³/mol. The number of benzene rings is 1. The minimum Gasteiger partial charge on any atom is -0.393 e. The molecule has 0 aliphatic carbocycles. The van der Waals surface area contributed by atoms with Crippen LogP contribution in [0.15, 0.2) is 23.1 Å². The minimum atomic E-state index is -3.70. The van der Waals surface area contributed by atoms with E-state index in [-0.39, 0.29) is 21.5 Å². The molecule has 7 nitrogen and oxygen atoms in total. The van der Waals surface area contributed by atoms with E-state index in [1.165, 1.54) is 6.07 Å². The zero-order chi connectivity index (χ0) is 15.5. The number of hydrogen-bond donors (Lipinski definition) is 2. The SMILES string of the molecule is Nc1cc(S(=O)(=O)NCC2CSCCS2)ccc1[N+](=O)[O-]. The predicted octanol–water partition coefficient (Wildman–Crippen LogP) is 1.30. The summed E-state index contributed by atoms with van der Waals surface area (Å²) in [6.45, 7) is 0.344. The van der Waals surface area contributed by atoms with Gasteiger partial charge < -0.3 is 5.73 Å². The Labute approximate surface area is 131 Å². The van der Waals surface area contributed by atoms with Crippen LogP contribution in [-0.2, 0) is 10.0 Å². The number of nitro groups is 1. The monoisotopic (exact) mass is 349 g/mol. The summed E-state index contributed by atoms with van der Waals surface area (Å²) in [5.74, 6) is 3.02. The molecule has 1 saturated heterocycles. The molecule has 1 atom stereocenters. The van der Waals surface area contributed by atoms with Crippen molar-refractivity contribution >= 4 is 44.9 Å². The number of nitrogens with two attached hydrogens (primary N) is 1. The van der Waals surface area contributed by atoms with Crippen molar-refractivity contribution in [1.82, 2.24) is 4.72 Å². The molecule has 0 radical (unpaired) electrons. The van der Waals surface area contributed by atoms with Crippen LogP contribution in [0, 0.1) is 10.1 Å². The number of nitrogens with one attached hydrogen (secondary N) is 1. The number of nitrogens with zero attached hydrogens (tertiary/aromatic N) is 1. The molecular formula is C11H15N3O4S3. The van der Waals surface area contributed by atoms with Crippen LogP contribution in [0.3, 0.4) is 0 Å². The number of sulfonamides is 1. The van der Waals surface area contributed by atoms with E-state index < -0.39 is 14.9 Å². The molecule has 1 heterocycles. The van der Waals surface area contributed by atoms with Gasteiger partial charge in [-0.15, -0.1) is 0 Å². The quantitative estimate of drug-likeness (QED) is 0.468. The Bertz CT molecular complexity index is 630. The average molecular weight is 349 g/mol. The zero-order valence-electron chi connectivity index (χ0n) is 11.0. The Morgan fingerprint density at radius 1 is 1.43 bits per heavy atom. The molecule has 0 aromatic heterocycles. The number of thioether (sulfide) groups is 2. The third-order valence-electron chi connectivity index (χ3n) is 2.89. The molecule has 1 aromatic carbocycles. The van der Waals surface area contributed by atoms with Crippen LogP contribution in [0.2, 0.25) is 0 Å². The number of rotatable bonds is 5. The maximum Gasteiger partial charge on any atom is 0.292 e. The molecular weight excluding hydrogens is 334 g/mol. The smallest absolute Gasteiger partial charge is 0.292 e. The Morgan fingerprint density at radius 3 is 2.76 bits per heavy atom. The van der Waals surface area contributed by atoms with Gasteiger partial charge in [-0.1, -0.05) is 0 Å². The molecule has 21 heavy (non-hydrogen) atoms. The van der Waals surface area contributed by atoms with Crippen molar-refractivity contribution < 1.29 is 13.3 Å². The third kappa shape index (κ3) is 4.25. The highest BCUT2D eigenvalue weighted by atomic mass is 32.2. The highest BCUT2D eigenvalue weighted by Gasteiger charge is 2.21. The summed E-state index contributed by atoms with van der Waals surface area (Å²) < 4.78 is 26.8. The van der Waals surface area contributed by atoms with Crippen molar-refractivity contribution in [1.29, 1.82) is 0 Å². The fraction of sp³-hybridized carbons (Fsp3) is 0.455. The van der Waals surface area contributed by atoms with E-state index in [4.69, 9.17) is 5.73 Å². The van der Waals surface area contributed by atoms with Crippen LogP contribution in [0.5, 0.6) is 0 Å². The lowest BCUT2D eigenvalue weighted by Crippen LogP contribution is -2.33. The van der Waals surface area contributed by atoms with E-state index in [0.29, 0.717) is 6.54 Å². The molecule has 1 aliphatic rings. The fourth-order valence-electron chi connectivity index (χ4n) is 1.81. The van der Waals surface area contributed by atoms with Gasteiger partial charge in [-0.05, 0) is 12.1 Å². The van der Waals surface area contributed by atoms with Gasteiger partial charge in [0.15, 0.2) is 0 Å². The molecule has 1 aromatic rings. The van der Waals surface area contributed by atoms with Crippen molar-refractivity contribution in [3.05, 3.63) is 28.3 Å². The first-order chi connectivity index (χ1) is 9.90. The second-order valence-electron chi connectivity index (χ2n) is 4.40. The van der Waals surface area contributed by atoms with E-state index in [9.17, 15) is 18.5 Å². The summed E-state index contributed by atoms with van der Waals surface area (Å²) in [6, 6.07) is 3.41. The van der Waals surface area contributed by atoms with Crippen LogP contribution in [-0.4, -0.2) is 42.4 Å². The van der Waals surface area contributed by atoms with E-state index in [1.54, 1.807) is 23.5 Å². The number of nitro benzene ring substituents is 1. The topological polar surface area (TPSA) is 115 Å². The van der Waals surface area contributed by atoms with Crippen molar-refractivity contribution in [3.63, 3.8) is 0 Å². The van der Waals surface area contributed by atoms with E-state index in [2.05, 4.69) is 4.72 Å². The molecule has 0 spiro atoms. The largest absolute Gasteiger partial charge is 0.393 e. The van der Waals surface area contributed by atoms with Crippen molar-refractivity contribution in [3.8, 4) is 0 Å². The highest BCUT2D eigenvalue weighted by molar-refractivity contribution is 8.06. The zero-order valence-corrected chi connectivity index (χ0v) is 13.5. The second kappa shape index (κ2) is 6.86. The summed E-state index contributed by atoms with van der Waals surface area (Å²) in [7, 11) is -3.70. The van der Waals surface area contributed by atoms with Gasteiger partial charge in [0.05, 0.1) is 9.82 Å². The van der Waals surface area contributed by atoms with Gasteiger partial charge >= 0.3 is 0 Å². The van der Waals surface area contributed by atoms with E-state index in [1.807, 2.05) is 0 Å². The summed E-state index contributed by atoms with van der Waals surface area (Å²) in [5, 5.41) is 10.9. The lowest BCUT2D eigenvalue weighted by atomic mass is 10.3. The van der Waals surface area contributed by atoms with Gasteiger partial charge in [0, 0.05) is 35.1 Å². The van der Waals surface area contributed by atoms with Gasteiger partial charge in [0.25, 0.3) is 5.69 Å². The van der Waals surface area contributed by atoms with Crippen LogP contribution < -0.4 is 10.5 Å². The van der Waals surface area contributed by atoms with Gasteiger partial charge in [-0.3, -0.25) is 10.1 Å². The molecule has 1 unspecified atom stereocenters. The number of anilines is 1. The standard InChI is InChI=1S/C11H15N3O4S3/c12-10-5-9(1-2-11(10)14(15)16)21(17,18)13-6-8-7-19-3-4-20-8/h1-2,5,8,13H,3-4,6-7,12H2. The maximum absolute atomic E-state index is 12.2. The lowest BCUT2D eigenvalue weighted by molar-refractivity contribution is -0.383. The first kappa shape index (κ1) is 16.4. The Morgan fingerprint density at radius 2 is 2.19 bits per heavy atom. The van der Waals surface area contributed by atoms with Crippen molar-refractivity contribution in [2.75, 3.05) is 29.5 Å². The summed E-state index contributed by atoms with van der Waals surface area (Å²) >= 11 is 3.55. The third-order valence-corrected chi connectivity index (χ3v) is 7.16. The Hall–Kier alpha value is -0.970. The van der Waals surface area contributed by atoms with Crippen LogP contribution in [0.1, 0.15) is 0 Å². The highest BCUT2D eigenvalue weighted by Crippen LogP contribution is 2.26. The molecule has 3 N–H and O–H groups in total. The van der Waals surface area contributed by atoms with Crippen LogP contribution in [0.25, 0.3) is 0 Å². The average Bonchev–Trinajstić information content (AvgIpc) is 2.46. The molecule has 2 rings (SSSR count). The summed E-state index contributed by atoms with van der Waals surface area (Å²) in [6.07, 6.45) is 0. The lowest BCUT2D eigenvalue weighted by Gasteiger charge is -2.21.